The Morgan fingerprint density at radius 2 is 1.70 bits per heavy atom. The predicted molar refractivity (Wildman–Crippen MR) is 86.0 cm³/mol. The second kappa shape index (κ2) is 5.68. The Bertz CT molecular complexity index is 726. The second-order valence-corrected chi connectivity index (χ2v) is 8.15. The monoisotopic (exact) mass is 342 g/mol. The van der Waals surface area contributed by atoms with Crippen LogP contribution in [0, 0.1) is 6.92 Å². The number of benzene rings is 1. The summed E-state index contributed by atoms with van der Waals surface area (Å²) < 4.78 is 46.8. The number of halogens is 1. The zero-order chi connectivity index (χ0) is 17.6. The van der Waals surface area contributed by atoms with Crippen LogP contribution in [-0.4, -0.2) is 33.0 Å². The summed E-state index contributed by atoms with van der Waals surface area (Å²) in [5.74, 6) is -0.785. The molecule has 1 saturated heterocycles. The molecule has 1 aromatic carbocycles. The highest BCUT2D eigenvalue weighted by molar-refractivity contribution is 7.85. The van der Waals surface area contributed by atoms with Gasteiger partial charge in [-0.05, 0) is 51.2 Å². The standard InChI is InChI=1S/C15H20BFO5S/c1-10-11(8-18)6-13(7-12(10)9-23(17,19)20)16-21-14(2,3)15(4,5)22-16/h6-8H,9H2,1-5H3. The Hall–Kier alpha value is -1.25. The van der Waals surface area contributed by atoms with Gasteiger partial charge in [-0.2, -0.15) is 8.42 Å². The van der Waals surface area contributed by atoms with E-state index >= 15 is 0 Å². The van der Waals surface area contributed by atoms with Crippen LogP contribution in [0.5, 0.6) is 0 Å². The third kappa shape index (κ3) is 3.64. The SMILES string of the molecule is Cc1c(C=O)cc(B2OC(C)(C)C(C)(C)O2)cc1CS(=O)(=O)F. The first-order chi connectivity index (χ1) is 10.4. The van der Waals surface area contributed by atoms with E-state index in [0.29, 0.717) is 17.3 Å². The summed E-state index contributed by atoms with van der Waals surface area (Å²) >= 11 is 0. The fourth-order valence-corrected chi connectivity index (χ4v) is 3.07. The molecule has 0 radical (unpaired) electrons. The Balaban J connectivity index is 2.48. The molecule has 0 saturated carbocycles. The molecule has 1 aromatic rings. The summed E-state index contributed by atoms with van der Waals surface area (Å²) in [6.45, 7) is 9.12. The molecule has 0 unspecified atom stereocenters. The minimum atomic E-state index is -4.71. The lowest BCUT2D eigenvalue weighted by atomic mass is 9.76. The number of carbonyl (C=O) groups excluding carboxylic acids is 1. The van der Waals surface area contributed by atoms with Crippen molar-refractivity contribution in [3.05, 3.63) is 28.8 Å². The predicted octanol–water partition coefficient (Wildman–Crippen LogP) is 1.91. The van der Waals surface area contributed by atoms with Crippen LogP contribution in [0.15, 0.2) is 12.1 Å². The first-order valence-electron chi connectivity index (χ1n) is 7.23. The van der Waals surface area contributed by atoms with Crippen LogP contribution >= 0.6 is 0 Å². The molecular formula is C15H20BFO5S. The molecular weight excluding hydrogens is 322 g/mol. The van der Waals surface area contributed by atoms with E-state index in [1.165, 1.54) is 6.07 Å². The Kier molecular flexibility index (Phi) is 4.47. The quantitative estimate of drug-likeness (QED) is 0.475. The molecule has 0 atom stereocenters. The van der Waals surface area contributed by atoms with Crippen LogP contribution in [0.4, 0.5) is 3.89 Å². The average molecular weight is 342 g/mol. The summed E-state index contributed by atoms with van der Waals surface area (Å²) in [6, 6.07) is 3.10. The molecule has 1 heterocycles. The van der Waals surface area contributed by atoms with E-state index in [9.17, 15) is 17.1 Å². The van der Waals surface area contributed by atoms with Gasteiger partial charge in [-0.15, -0.1) is 3.89 Å². The number of aldehydes is 1. The van der Waals surface area contributed by atoms with Gasteiger partial charge in [-0.25, -0.2) is 0 Å². The molecule has 126 valence electrons. The summed E-state index contributed by atoms with van der Waals surface area (Å²) in [7, 11) is -5.46. The maximum atomic E-state index is 13.1. The third-order valence-electron chi connectivity index (χ3n) is 4.56. The maximum Gasteiger partial charge on any atom is 0.494 e. The molecule has 1 fully saturated rings. The first-order valence-corrected chi connectivity index (χ1v) is 8.78. The summed E-state index contributed by atoms with van der Waals surface area (Å²) in [4.78, 5) is 11.2. The molecule has 1 aliphatic rings. The fraction of sp³-hybridized carbons (Fsp3) is 0.533. The van der Waals surface area contributed by atoms with Gasteiger partial charge >= 0.3 is 17.3 Å². The third-order valence-corrected chi connectivity index (χ3v) is 5.21. The van der Waals surface area contributed by atoms with Crippen LogP contribution in [0.3, 0.4) is 0 Å². The molecule has 8 heteroatoms. The van der Waals surface area contributed by atoms with E-state index in [2.05, 4.69) is 0 Å². The van der Waals surface area contributed by atoms with Crippen molar-refractivity contribution in [1.82, 2.24) is 0 Å². The van der Waals surface area contributed by atoms with Crippen LogP contribution in [0.25, 0.3) is 0 Å². The van der Waals surface area contributed by atoms with E-state index in [1.807, 2.05) is 27.7 Å². The molecule has 0 aliphatic carbocycles. The van der Waals surface area contributed by atoms with Crippen LogP contribution in [0.2, 0.25) is 0 Å². The highest BCUT2D eigenvalue weighted by Gasteiger charge is 2.51. The van der Waals surface area contributed by atoms with Crippen molar-refractivity contribution >= 4 is 29.1 Å². The minimum absolute atomic E-state index is 0.224. The molecule has 5 nitrogen and oxygen atoms in total. The highest BCUT2D eigenvalue weighted by Crippen LogP contribution is 2.36. The number of carbonyl (C=O) groups is 1. The molecule has 0 spiro atoms. The lowest BCUT2D eigenvalue weighted by Gasteiger charge is -2.32. The topological polar surface area (TPSA) is 69.7 Å². The van der Waals surface area contributed by atoms with Crippen molar-refractivity contribution in [2.75, 3.05) is 0 Å². The highest BCUT2D eigenvalue weighted by atomic mass is 32.3. The van der Waals surface area contributed by atoms with Gasteiger partial charge in [0, 0.05) is 5.56 Å². The molecule has 1 aliphatic heterocycles. The van der Waals surface area contributed by atoms with E-state index in [-0.39, 0.29) is 11.1 Å². The zero-order valence-electron chi connectivity index (χ0n) is 13.8. The summed E-state index contributed by atoms with van der Waals surface area (Å²) in [5.41, 5.74) is 0.293. The number of hydrogen-bond acceptors (Lipinski definition) is 5. The van der Waals surface area contributed by atoms with Gasteiger partial charge in [-0.3, -0.25) is 4.79 Å². The van der Waals surface area contributed by atoms with Crippen molar-refractivity contribution in [1.29, 1.82) is 0 Å². The van der Waals surface area contributed by atoms with Gasteiger partial charge in [0.2, 0.25) is 0 Å². The van der Waals surface area contributed by atoms with Crippen molar-refractivity contribution in [3.8, 4) is 0 Å². The summed E-state index contributed by atoms with van der Waals surface area (Å²) in [6.07, 6.45) is 0.610. The minimum Gasteiger partial charge on any atom is -0.399 e. The fourth-order valence-electron chi connectivity index (χ4n) is 2.40. The average Bonchev–Trinajstić information content (AvgIpc) is 2.59. The van der Waals surface area contributed by atoms with E-state index in [0.717, 1.165) is 0 Å². The molecule has 0 aromatic heterocycles. The lowest BCUT2D eigenvalue weighted by Crippen LogP contribution is -2.41. The van der Waals surface area contributed by atoms with E-state index in [4.69, 9.17) is 9.31 Å². The second-order valence-electron chi connectivity index (χ2n) is 6.78. The van der Waals surface area contributed by atoms with Crippen LogP contribution in [-0.2, 0) is 25.3 Å². The van der Waals surface area contributed by atoms with E-state index < -0.39 is 34.3 Å². The smallest absolute Gasteiger partial charge is 0.399 e. The Morgan fingerprint density at radius 1 is 1.17 bits per heavy atom. The van der Waals surface area contributed by atoms with Crippen molar-refractivity contribution in [2.24, 2.45) is 0 Å². The normalized spacial score (nSPS) is 19.8. The van der Waals surface area contributed by atoms with Gasteiger partial charge in [0.05, 0.1) is 11.2 Å². The molecule has 0 N–H and O–H groups in total. The van der Waals surface area contributed by atoms with Crippen LogP contribution in [0.1, 0.15) is 49.2 Å². The Morgan fingerprint density at radius 3 is 2.13 bits per heavy atom. The molecule has 2 rings (SSSR count). The van der Waals surface area contributed by atoms with Crippen molar-refractivity contribution in [3.63, 3.8) is 0 Å². The zero-order valence-corrected chi connectivity index (χ0v) is 14.7. The number of hydrogen-bond donors (Lipinski definition) is 0. The molecule has 0 bridgehead atoms. The lowest BCUT2D eigenvalue weighted by molar-refractivity contribution is 0.00578. The van der Waals surface area contributed by atoms with Gasteiger partial charge in [0.1, 0.15) is 12.0 Å². The van der Waals surface area contributed by atoms with E-state index in [1.54, 1.807) is 13.0 Å². The molecule has 0 amide bonds. The first kappa shape index (κ1) is 18.1. The van der Waals surface area contributed by atoms with Gasteiger partial charge in [0.25, 0.3) is 0 Å². The van der Waals surface area contributed by atoms with Crippen molar-refractivity contribution < 1.29 is 26.4 Å². The maximum absolute atomic E-state index is 13.1. The Labute approximate surface area is 136 Å². The van der Waals surface area contributed by atoms with Gasteiger partial charge in [0.15, 0.2) is 0 Å². The molecule has 23 heavy (non-hydrogen) atoms. The number of rotatable bonds is 4. The summed E-state index contributed by atoms with van der Waals surface area (Å²) in [5, 5.41) is 0. The van der Waals surface area contributed by atoms with Gasteiger partial charge < -0.3 is 9.31 Å². The van der Waals surface area contributed by atoms with Crippen molar-refractivity contribution in [2.45, 2.75) is 51.6 Å². The largest absolute Gasteiger partial charge is 0.494 e. The van der Waals surface area contributed by atoms with Crippen LogP contribution < -0.4 is 5.46 Å². The van der Waals surface area contributed by atoms with Gasteiger partial charge in [-0.1, -0.05) is 12.1 Å².